The van der Waals surface area contributed by atoms with Crippen molar-refractivity contribution >= 4 is 21.7 Å². The van der Waals surface area contributed by atoms with Gasteiger partial charge in [0.05, 0.1) is 17.6 Å². The van der Waals surface area contributed by atoms with Gasteiger partial charge in [0.2, 0.25) is 10.0 Å². The molecule has 0 saturated carbocycles. The van der Waals surface area contributed by atoms with E-state index in [2.05, 4.69) is 4.74 Å². The molecule has 1 unspecified atom stereocenters. The summed E-state index contributed by atoms with van der Waals surface area (Å²) in [7, 11) is -1.08. The normalized spacial score (nSPS) is 13.2. The van der Waals surface area contributed by atoms with Crippen LogP contribution in [0.4, 0.5) is 5.69 Å². The van der Waals surface area contributed by atoms with Gasteiger partial charge in [-0.15, -0.1) is 0 Å². The molecule has 0 radical (unpaired) electrons. The van der Waals surface area contributed by atoms with Crippen LogP contribution < -0.4 is 5.73 Å². The molecule has 6 nitrogen and oxygen atoms in total. The van der Waals surface area contributed by atoms with E-state index in [4.69, 9.17) is 5.73 Å². The van der Waals surface area contributed by atoms with E-state index in [0.717, 1.165) is 12.8 Å². The molecule has 1 aromatic rings. The number of esters is 1. The first-order valence-electron chi connectivity index (χ1n) is 6.71. The van der Waals surface area contributed by atoms with E-state index < -0.39 is 16.0 Å². The summed E-state index contributed by atoms with van der Waals surface area (Å²) in [6.07, 6.45) is 1.60. The monoisotopic (exact) mass is 314 g/mol. The van der Waals surface area contributed by atoms with E-state index in [1.165, 1.54) is 36.7 Å². The molecule has 0 spiro atoms. The molecule has 0 aliphatic rings. The van der Waals surface area contributed by atoms with Crippen molar-refractivity contribution in [1.82, 2.24) is 4.31 Å². The summed E-state index contributed by atoms with van der Waals surface area (Å²) in [4.78, 5) is 11.7. The summed E-state index contributed by atoms with van der Waals surface area (Å²) in [6, 6.07) is 3.95. The predicted molar refractivity (Wildman–Crippen MR) is 81.5 cm³/mol. The average molecular weight is 314 g/mol. The quantitative estimate of drug-likeness (QED) is 0.639. The van der Waals surface area contributed by atoms with Crippen LogP contribution >= 0.6 is 0 Å². The number of anilines is 1. The molecule has 21 heavy (non-hydrogen) atoms. The Bertz CT molecular complexity index is 613. The molecule has 1 rings (SSSR count). The summed E-state index contributed by atoms with van der Waals surface area (Å²) in [5.74, 6) is -0.725. The van der Waals surface area contributed by atoms with Crippen molar-refractivity contribution in [3.05, 3.63) is 23.8 Å². The van der Waals surface area contributed by atoms with Crippen molar-refractivity contribution in [3.63, 3.8) is 0 Å². The molecule has 0 aromatic heterocycles. The number of hydrogen-bond donors (Lipinski definition) is 1. The van der Waals surface area contributed by atoms with E-state index in [1.807, 2.05) is 13.8 Å². The van der Waals surface area contributed by atoms with Crippen LogP contribution in [0.3, 0.4) is 0 Å². The van der Waals surface area contributed by atoms with E-state index in [-0.39, 0.29) is 16.5 Å². The summed E-state index contributed by atoms with van der Waals surface area (Å²) in [5.41, 5.74) is 5.89. The van der Waals surface area contributed by atoms with Crippen molar-refractivity contribution in [3.8, 4) is 0 Å². The second kappa shape index (κ2) is 6.91. The van der Waals surface area contributed by atoms with Gasteiger partial charge in [-0.2, -0.15) is 4.31 Å². The number of nitrogens with two attached hydrogens (primary N) is 1. The molecular formula is C14H22N2O4S. The Morgan fingerprint density at radius 3 is 2.57 bits per heavy atom. The fourth-order valence-electron chi connectivity index (χ4n) is 2.03. The number of carbonyl (C=O) groups excluding carboxylic acids is 1. The SMILES string of the molecule is CCCC(C)N(C)S(=O)(=O)c1ccc(N)cc1C(=O)OC. The fourth-order valence-corrected chi connectivity index (χ4v) is 3.58. The largest absolute Gasteiger partial charge is 0.465 e. The minimum Gasteiger partial charge on any atom is -0.465 e. The Balaban J connectivity index is 3.34. The number of nitrogen functional groups attached to an aromatic ring is 1. The van der Waals surface area contributed by atoms with Crippen molar-refractivity contribution in [2.24, 2.45) is 0 Å². The third kappa shape index (κ3) is 3.74. The molecule has 0 aliphatic carbocycles. The Morgan fingerprint density at radius 1 is 1.43 bits per heavy atom. The Labute approximate surface area is 125 Å². The fraction of sp³-hybridized carbons (Fsp3) is 0.500. The lowest BCUT2D eigenvalue weighted by Gasteiger charge is -2.24. The molecule has 0 aliphatic heterocycles. The van der Waals surface area contributed by atoms with Crippen molar-refractivity contribution in [2.75, 3.05) is 19.9 Å². The highest BCUT2D eigenvalue weighted by molar-refractivity contribution is 7.89. The number of hydrogen-bond acceptors (Lipinski definition) is 5. The highest BCUT2D eigenvalue weighted by Gasteiger charge is 2.29. The molecule has 118 valence electrons. The van der Waals surface area contributed by atoms with Crippen molar-refractivity contribution < 1.29 is 17.9 Å². The minimum atomic E-state index is -3.79. The minimum absolute atomic E-state index is 0.0481. The van der Waals surface area contributed by atoms with E-state index in [0.29, 0.717) is 5.69 Å². The van der Waals surface area contributed by atoms with Gasteiger partial charge in [-0.1, -0.05) is 13.3 Å². The number of nitrogens with zero attached hydrogens (tertiary/aromatic N) is 1. The van der Waals surface area contributed by atoms with Crippen LogP contribution in [-0.2, 0) is 14.8 Å². The van der Waals surface area contributed by atoms with Crippen LogP contribution in [0, 0.1) is 0 Å². The Morgan fingerprint density at radius 2 is 2.05 bits per heavy atom. The lowest BCUT2D eigenvalue weighted by Crippen LogP contribution is -2.35. The molecule has 0 bridgehead atoms. The first kappa shape index (κ1) is 17.5. The summed E-state index contributed by atoms with van der Waals surface area (Å²) in [5, 5.41) is 0. The third-order valence-corrected chi connectivity index (χ3v) is 5.42. The molecule has 1 aromatic carbocycles. The lowest BCUT2D eigenvalue weighted by atomic mass is 10.2. The van der Waals surface area contributed by atoms with Crippen LogP contribution in [0.25, 0.3) is 0 Å². The van der Waals surface area contributed by atoms with E-state index in [1.54, 1.807) is 0 Å². The second-order valence-electron chi connectivity index (χ2n) is 4.91. The van der Waals surface area contributed by atoms with Crippen molar-refractivity contribution in [1.29, 1.82) is 0 Å². The van der Waals surface area contributed by atoms with Gasteiger partial charge in [-0.25, -0.2) is 13.2 Å². The van der Waals surface area contributed by atoms with Gasteiger partial charge in [-0.05, 0) is 31.5 Å². The number of ether oxygens (including phenoxy) is 1. The topological polar surface area (TPSA) is 89.7 Å². The zero-order chi connectivity index (χ0) is 16.2. The third-order valence-electron chi connectivity index (χ3n) is 3.39. The van der Waals surface area contributed by atoms with Gasteiger partial charge in [0.25, 0.3) is 0 Å². The molecule has 0 fully saturated rings. The van der Waals surface area contributed by atoms with Crippen molar-refractivity contribution in [2.45, 2.75) is 37.6 Å². The van der Waals surface area contributed by atoms with Crippen LogP contribution in [-0.4, -0.2) is 38.9 Å². The van der Waals surface area contributed by atoms with Gasteiger partial charge in [0, 0.05) is 18.8 Å². The summed E-state index contributed by atoms with van der Waals surface area (Å²) >= 11 is 0. The zero-order valence-electron chi connectivity index (χ0n) is 12.8. The van der Waals surface area contributed by atoms with Crippen LogP contribution in [0.2, 0.25) is 0 Å². The predicted octanol–water partition coefficient (Wildman–Crippen LogP) is 1.86. The van der Waals surface area contributed by atoms with E-state index in [9.17, 15) is 13.2 Å². The van der Waals surface area contributed by atoms with Crippen LogP contribution in [0.1, 0.15) is 37.0 Å². The number of methoxy groups -OCH3 is 1. The number of carbonyl (C=O) groups is 1. The molecule has 0 saturated heterocycles. The Hall–Kier alpha value is -1.60. The van der Waals surface area contributed by atoms with Gasteiger partial charge >= 0.3 is 5.97 Å². The van der Waals surface area contributed by atoms with Crippen LogP contribution in [0.5, 0.6) is 0 Å². The molecule has 0 amide bonds. The Kier molecular flexibility index (Phi) is 5.74. The number of rotatable bonds is 6. The molecule has 2 N–H and O–H groups in total. The van der Waals surface area contributed by atoms with Crippen LogP contribution in [0.15, 0.2) is 23.1 Å². The maximum Gasteiger partial charge on any atom is 0.339 e. The maximum absolute atomic E-state index is 12.7. The van der Waals surface area contributed by atoms with Gasteiger partial charge in [-0.3, -0.25) is 0 Å². The maximum atomic E-state index is 12.7. The molecular weight excluding hydrogens is 292 g/mol. The molecule has 1 atom stereocenters. The van der Waals surface area contributed by atoms with Gasteiger partial charge < -0.3 is 10.5 Å². The standard InChI is InChI=1S/C14H22N2O4S/c1-5-6-10(2)16(3)21(18,19)13-8-7-11(15)9-12(13)14(17)20-4/h7-10H,5-6,15H2,1-4H3. The number of benzene rings is 1. The van der Waals surface area contributed by atoms with Gasteiger partial charge in [0.15, 0.2) is 0 Å². The molecule has 7 heteroatoms. The first-order chi connectivity index (χ1) is 9.75. The van der Waals surface area contributed by atoms with E-state index >= 15 is 0 Å². The highest BCUT2D eigenvalue weighted by atomic mass is 32.2. The summed E-state index contributed by atoms with van der Waals surface area (Å²) < 4.78 is 31.3. The second-order valence-corrected chi connectivity index (χ2v) is 6.87. The lowest BCUT2D eigenvalue weighted by molar-refractivity contribution is 0.0596. The highest BCUT2D eigenvalue weighted by Crippen LogP contribution is 2.24. The number of sulfonamides is 1. The first-order valence-corrected chi connectivity index (χ1v) is 8.15. The summed E-state index contributed by atoms with van der Waals surface area (Å²) in [6.45, 7) is 3.82. The van der Waals surface area contributed by atoms with Gasteiger partial charge in [0.1, 0.15) is 0 Å². The average Bonchev–Trinajstić information content (AvgIpc) is 2.45. The zero-order valence-corrected chi connectivity index (χ0v) is 13.6. The smallest absolute Gasteiger partial charge is 0.339 e. The molecule has 0 heterocycles.